The van der Waals surface area contributed by atoms with Gasteiger partial charge in [0, 0.05) is 24.3 Å². The molecule has 17 heavy (non-hydrogen) atoms. The van der Waals surface area contributed by atoms with E-state index in [1.54, 1.807) is 18.1 Å². The first-order chi connectivity index (χ1) is 8.27. The Balaban J connectivity index is 1.92. The Hall–Kier alpha value is -1.88. The maximum atomic E-state index is 11.9. The highest BCUT2D eigenvalue weighted by Crippen LogP contribution is 2.12. The molecule has 88 valence electrons. The zero-order valence-electron chi connectivity index (χ0n) is 9.46. The van der Waals surface area contributed by atoms with Crippen molar-refractivity contribution in [1.29, 1.82) is 0 Å². The van der Waals surface area contributed by atoms with Crippen LogP contribution in [0.4, 0.5) is 10.8 Å². The Morgan fingerprint density at radius 3 is 2.82 bits per heavy atom. The molecule has 0 unspecified atom stereocenters. The van der Waals surface area contributed by atoms with Crippen LogP contribution in [0.1, 0.15) is 0 Å². The molecule has 0 saturated heterocycles. The van der Waals surface area contributed by atoms with E-state index in [9.17, 15) is 4.79 Å². The number of benzene rings is 1. The van der Waals surface area contributed by atoms with Gasteiger partial charge in [0.25, 0.3) is 0 Å². The highest BCUT2D eigenvalue weighted by Gasteiger charge is 2.10. The molecule has 0 aliphatic heterocycles. The molecule has 0 atom stereocenters. The van der Waals surface area contributed by atoms with E-state index < -0.39 is 0 Å². The van der Waals surface area contributed by atoms with Gasteiger partial charge in [-0.15, -0.1) is 11.3 Å². The van der Waals surface area contributed by atoms with Crippen LogP contribution in [0.5, 0.6) is 0 Å². The number of carbonyl (C=O) groups excluding carboxylic acids is 1. The van der Waals surface area contributed by atoms with Crippen molar-refractivity contribution >= 4 is 28.1 Å². The Kier molecular flexibility index (Phi) is 3.72. The Morgan fingerprint density at radius 1 is 1.41 bits per heavy atom. The van der Waals surface area contributed by atoms with Crippen LogP contribution < -0.4 is 10.2 Å². The Bertz CT molecular complexity index is 470. The second kappa shape index (κ2) is 5.45. The third-order valence-electron chi connectivity index (χ3n) is 2.34. The van der Waals surface area contributed by atoms with Crippen molar-refractivity contribution in [1.82, 2.24) is 4.98 Å². The second-order valence-corrected chi connectivity index (χ2v) is 4.37. The van der Waals surface area contributed by atoms with Crippen molar-refractivity contribution in [2.45, 2.75) is 0 Å². The van der Waals surface area contributed by atoms with E-state index >= 15 is 0 Å². The zero-order valence-corrected chi connectivity index (χ0v) is 10.3. The summed E-state index contributed by atoms with van der Waals surface area (Å²) >= 11 is 1.48. The average Bonchev–Trinajstić information content (AvgIpc) is 2.89. The maximum Gasteiger partial charge on any atom is 0.246 e. The first-order valence-electron chi connectivity index (χ1n) is 5.22. The van der Waals surface area contributed by atoms with E-state index in [1.807, 2.05) is 35.7 Å². The standard InChI is InChI=1S/C12H13N3OS/c1-15(10-5-3-2-4-6-10)11(16)9-14-12-13-7-8-17-12/h2-8H,9H2,1H3,(H,13,14). The minimum absolute atomic E-state index is 0.00593. The lowest BCUT2D eigenvalue weighted by atomic mass is 10.3. The molecule has 0 radical (unpaired) electrons. The molecule has 2 rings (SSSR count). The fraction of sp³-hybridized carbons (Fsp3) is 0.167. The molecule has 1 aromatic heterocycles. The molecule has 1 heterocycles. The van der Waals surface area contributed by atoms with E-state index in [1.165, 1.54) is 11.3 Å². The lowest BCUT2D eigenvalue weighted by molar-refractivity contribution is -0.116. The van der Waals surface area contributed by atoms with E-state index in [-0.39, 0.29) is 12.5 Å². The summed E-state index contributed by atoms with van der Waals surface area (Å²) in [6.07, 6.45) is 1.71. The number of thiazole rings is 1. The smallest absolute Gasteiger partial charge is 0.246 e. The second-order valence-electron chi connectivity index (χ2n) is 3.48. The van der Waals surface area contributed by atoms with Crippen LogP contribution in [0.15, 0.2) is 41.9 Å². The third-order valence-corrected chi connectivity index (χ3v) is 3.07. The van der Waals surface area contributed by atoms with Gasteiger partial charge in [-0.2, -0.15) is 0 Å². The summed E-state index contributed by atoms with van der Waals surface area (Å²) in [6, 6.07) is 9.55. The molecule has 4 nitrogen and oxygen atoms in total. The van der Waals surface area contributed by atoms with Crippen LogP contribution in [0.3, 0.4) is 0 Å². The number of hydrogen-bond acceptors (Lipinski definition) is 4. The predicted octanol–water partition coefficient (Wildman–Crippen LogP) is 2.22. The van der Waals surface area contributed by atoms with Gasteiger partial charge >= 0.3 is 0 Å². The van der Waals surface area contributed by atoms with Gasteiger partial charge in [-0.05, 0) is 12.1 Å². The molecule has 0 spiro atoms. The number of anilines is 2. The molecule has 0 bridgehead atoms. The van der Waals surface area contributed by atoms with Crippen molar-refractivity contribution in [3.05, 3.63) is 41.9 Å². The monoisotopic (exact) mass is 247 g/mol. The summed E-state index contributed by atoms with van der Waals surface area (Å²) in [5, 5.41) is 5.62. The van der Waals surface area contributed by atoms with Crippen LogP contribution >= 0.6 is 11.3 Å². The van der Waals surface area contributed by atoms with Crippen molar-refractivity contribution < 1.29 is 4.79 Å². The molecule has 0 fully saturated rings. The van der Waals surface area contributed by atoms with E-state index in [4.69, 9.17) is 0 Å². The van der Waals surface area contributed by atoms with Gasteiger partial charge in [-0.25, -0.2) is 4.98 Å². The summed E-state index contributed by atoms with van der Waals surface area (Å²) in [7, 11) is 1.77. The van der Waals surface area contributed by atoms with Crippen LogP contribution in [0.2, 0.25) is 0 Å². The molecular formula is C12H13N3OS. The van der Waals surface area contributed by atoms with Gasteiger partial charge in [0.1, 0.15) is 0 Å². The number of likely N-dealkylation sites (N-methyl/N-ethyl adjacent to an activating group) is 1. The largest absolute Gasteiger partial charge is 0.352 e. The number of aromatic nitrogens is 1. The quantitative estimate of drug-likeness (QED) is 0.901. The Morgan fingerprint density at radius 2 is 2.18 bits per heavy atom. The van der Waals surface area contributed by atoms with Crippen molar-refractivity contribution in [3.8, 4) is 0 Å². The number of amides is 1. The van der Waals surface area contributed by atoms with Crippen molar-refractivity contribution in [2.75, 3.05) is 23.8 Å². The van der Waals surface area contributed by atoms with Gasteiger partial charge in [0.05, 0.1) is 6.54 Å². The van der Waals surface area contributed by atoms with Crippen molar-refractivity contribution in [3.63, 3.8) is 0 Å². The van der Waals surface area contributed by atoms with Crippen LogP contribution in [0.25, 0.3) is 0 Å². The van der Waals surface area contributed by atoms with Crippen LogP contribution in [-0.2, 0) is 4.79 Å². The number of nitrogens with zero attached hydrogens (tertiary/aromatic N) is 2. The number of para-hydroxylation sites is 1. The topological polar surface area (TPSA) is 45.2 Å². The SMILES string of the molecule is CN(C(=O)CNc1nccs1)c1ccccc1. The molecular weight excluding hydrogens is 234 g/mol. The molecule has 1 amide bonds. The first-order valence-corrected chi connectivity index (χ1v) is 6.10. The van der Waals surface area contributed by atoms with Crippen LogP contribution in [0, 0.1) is 0 Å². The van der Waals surface area contributed by atoms with Gasteiger partial charge < -0.3 is 10.2 Å². The first kappa shape index (κ1) is 11.6. The lowest BCUT2D eigenvalue weighted by Crippen LogP contribution is -2.31. The number of carbonyl (C=O) groups is 1. The third kappa shape index (κ3) is 3.04. The van der Waals surface area contributed by atoms with E-state index in [0.29, 0.717) is 0 Å². The summed E-state index contributed by atoms with van der Waals surface area (Å²) in [5.74, 6) is 0.00593. The molecule has 0 aliphatic carbocycles. The fourth-order valence-electron chi connectivity index (χ4n) is 1.38. The highest BCUT2D eigenvalue weighted by atomic mass is 32.1. The van der Waals surface area contributed by atoms with Gasteiger partial charge in [0.15, 0.2) is 5.13 Å². The van der Waals surface area contributed by atoms with Gasteiger partial charge in [-0.3, -0.25) is 4.79 Å². The predicted molar refractivity (Wildman–Crippen MR) is 70.5 cm³/mol. The molecule has 0 aliphatic rings. The zero-order chi connectivity index (χ0) is 12.1. The highest BCUT2D eigenvalue weighted by molar-refractivity contribution is 7.13. The van der Waals surface area contributed by atoms with Gasteiger partial charge in [0.2, 0.25) is 5.91 Å². The summed E-state index contributed by atoms with van der Waals surface area (Å²) in [4.78, 5) is 17.6. The molecule has 2 aromatic rings. The fourth-order valence-corrected chi connectivity index (χ4v) is 1.90. The minimum Gasteiger partial charge on any atom is -0.352 e. The average molecular weight is 247 g/mol. The minimum atomic E-state index is 0.00593. The number of rotatable bonds is 4. The summed E-state index contributed by atoms with van der Waals surface area (Å²) < 4.78 is 0. The molecule has 0 saturated carbocycles. The van der Waals surface area contributed by atoms with Gasteiger partial charge in [-0.1, -0.05) is 18.2 Å². The summed E-state index contributed by atoms with van der Waals surface area (Å²) in [5.41, 5.74) is 0.887. The van der Waals surface area contributed by atoms with Crippen molar-refractivity contribution in [2.24, 2.45) is 0 Å². The Labute approximate surface area is 104 Å². The summed E-state index contributed by atoms with van der Waals surface area (Å²) in [6.45, 7) is 0.249. The van der Waals surface area contributed by atoms with E-state index in [0.717, 1.165) is 10.8 Å². The lowest BCUT2D eigenvalue weighted by Gasteiger charge is -2.17. The van der Waals surface area contributed by atoms with E-state index in [2.05, 4.69) is 10.3 Å². The molecule has 1 N–H and O–H groups in total. The molecule has 5 heteroatoms. The maximum absolute atomic E-state index is 11.9. The van der Waals surface area contributed by atoms with Crippen LogP contribution in [-0.4, -0.2) is 24.5 Å². The number of nitrogens with one attached hydrogen (secondary N) is 1. The number of hydrogen-bond donors (Lipinski definition) is 1. The normalized spacial score (nSPS) is 9.94. The molecule has 1 aromatic carbocycles.